The van der Waals surface area contributed by atoms with Gasteiger partial charge < -0.3 is 5.73 Å². The molecule has 0 saturated carbocycles. The van der Waals surface area contributed by atoms with Gasteiger partial charge >= 0.3 is 0 Å². The van der Waals surface area contributed by atoms with Crippen molar-refractivity contribution in [2.24, 2.45) is 5.73 Å². The number of sulfone groups is 1. The molecule has 0 unspecified atom stereocenters. The molecule has 1 aromatic carbocycles. The normalized spacial score (nSPS) is 12.6. The molecule has 0 spiro atoms. The zero-order valence-corrected chi connectivity index (χ0v) is 13.4. The molecule has 6 nitrogen and oxygen atoms in total. The minimum Gasteiger partial charge on any atom is -0.326 e. The molecule has 0 bridgehead atoms. The minimum absolute atomic E-state index is 0.0269. The van der Waals surface area contributed by atoms with Gasteiger partial charge in [-0.1, -0.05) is 17.7 Å². The first kappa shape index (κ1) is 17.4. The van der Waals surface area contributed by atoms with Crippen molar-refractivity contribution in [2.45, 2.75) is 17.9 Å². The van der Waals surface area contributed by atoms with Crippen molar-refractivity contribution in [3.05, 3.63) is 28.8 Å². The molecule has 0 fully saturated rings. The quantitative estimate of drug-likeness (QED) is 0.703. The summed E-state index contributed by atoms with van der Waals surface area (Å²) in [4.78, 5) is 0.0269. The maximum Gasteiger partial charge on any atom is 0.240 e. The van der Waals surface area contributed by atoms with Crippen LogP contribution in [0.3, 0.4) is 0 Å². The molecule has 3 N–H and O–H groups in total. The van der Waals surface area contributed by atoms with E-state index in [0.717, 1.165) is 6.26 Å². The lowest BCUT2D eigenvalue weighted by Crippen LogP contribution is -2.26. The Labute approximate surface area is 124 Å². The van der Waals surface area contributed by atoms with E-state index in [2.05, 4.69) is 4.72 Å². The van der Waals surface area contributed by atoms with Gasteiger partial charge in [0.05, 0.1) is 10.6 Å². The summed E-state index contributed by atoms with van der Waals surface area (Å²) < 4.78 is 48.1. The lowest BCUT2D eigenvalue weighted by molar-refractivity contribution is 0.577. The van der Waals surface area contributed by atoms with Crippen LogP contribution in [-0.4, -0.2) is 35.4 Å². The Hall–Kier alpha value is -0.670. The van der Waals surface area contributed by atoms with Crippen molar-refractivity contribution in [3.8, 4) is 0 Å². The third-order valence-corrected chi connectivity index (χ3v) is 5.38. The molecule has 114 valence electrons. The number of hydrogen-bond donors (Lipinski definition) is 2. The smallest absolute Gasteiger partial charge is 0.240 e. The van der Waals surface area contributed by atoms with Gasteiger partial charge in [0.15, 0.2) is 0 Å². The largest absolute Gasteiger partial charge is 0.326 e. The van der Waals surface area contributed by atoms with Crippen LogP contribution in [0.15, 0.2) is 23.1 Å². The summed E-state index contributed by atoms with van der Waals surface area (Å²) in [7, 11) is -6.79. The monoisotopic (exact) mass is 340 g/mol. The van der Waals surface area contributed by atoms with Gasteiger partial charge in [0.25, 0.3) is 0 Å². The lowest BCUT2D eigenvalue weighted by atomic mass is 10.2. The molecule has 0 aliphatic carbocycles. The van der Waals surface area contributed by atoms with Crippen molar-refractivity contribution >= 4 is 31.5 Å². The van der Waals surface area contributed by atoms with Crippen LogP contribution >= 0.6 is 11.6 Å². The minimum atomic E-state index is -3.70. The van der Waals surface area contributed by atoms with Crippen LogP contribution in [0.2, 0.25) is 5.02 Å². The van der Waals surface area contributed by atoms with Crippen LogP contribution in [-0.2, 0) is 26.4 Å². The average molecular weight is 341 g/mol. The summed E-state index contributed by atoms with van der Waals surface area (Å²) in [5.74, 6) is -0.0671. The Kier molecular flexibility index (Phi) is 5.96. The van der Waals surface area contributed by atoms with Gasteiger partial charge in [-0.3, -0.25) is 0 Å². The molecule has 1 rings (SSSR count). The number of nitrogens with one attached hydrogen (secondary N) is 1. The Bertz CT molecular complexity index is 672. The summed E-state index contributed by atoms with van der Waals surface area (Å²) >= 11 is 5.91. The van der Waals surface area contributed by atoms with E-state index in [9.17, 15) is 16.8 Å². The molecule has 0 aromatic heterocycles. The van der Waals surface area contributed by atoms with Gasteiger partial charge in [-0.25, -0.2) is 21.6 Å². The van der Waals surface area contributed by atoms with Crippen molar-refractivity contribution in [3.63, 3.8) is 0 Å². The first-order chi connectivity index (χ1) is 9.15. The van der Waals surface area contributed by atoms with E-state index in [1.54, 1.807) is 6.07 Å². The molecule has 0 aliphatic heterocycles. The van der Waals surface area contributed by atoms with Crippen molar-refractivity contribution in [1.82, 2.24) is 4.72 Å². The lowest BCUT2D eigenvalue weighted by Gasteiger charge is -2.08. The van der Waals surface area contributed by atoms with E-state index in [1.165, 1.54) is 12.1 Å². The number of nitrogens with two attached hydrogens (primary N) is 1. The van der Waals surface area contributed by atoms with E-state index in [4.69, 9.17) is 17.3 Å². The Balaban J connectivity index is 2.72. The fourth-order valence-electron chi connectivity index (χ4n) is 1.48. The Morgan fingerprint density at radius 3 is 2.40 bits per heavy atom. The summed E-state index contributed by atoms with van der Waals surface area (Å²) in [6.45, 7) is 0.270. The molecule has 0 amide bonds. The summed E-state index contributed by atoms with van der Waals surface area (Å²) in [5, 5.41) is 0.284. The molecular formula is C11H17ClN2O4S2. The zero-order valence-electron chi connectivity index (χ0n) is 11.0. The fraction of sp³-hybridized carbons (Fsp3) is 0.455. The van der Waals surface area contributed by atoms with Gasteiger partial charge in [0.2, 0.25) is 10.0 Å². The summed E-state index contributed by atoms with van der Waals surface area (Å²) in [6, 6.07) is 4.28. The number of halogens is 1. The van der Waals surface area contributed by atoms with E-state index >= 15 is 0 Å². The Morgan fingerprint density at radius 1 is 1.25 bits per heavy atom. The van der Waals surface area contributed by atoms with Crippen LogP contribution in [0.4, 0.5) is 0 Å². The van der Waals surface area contributed by atoms with Crippen LogP contribution in [0.1, 0.15) is 12.0 Å². The number of hydrogen-bond acceptors (Lipinski definition) is 5. The number of benzene rings is 1. The van der Waals surface area contributed by atoms with Crippen LogP contribution in [0, 0.1) is 0 Å². The summed E-state index contributed by atoms with van der Waals surface area (Å²) in [5.41, 5.74) is 6.10. The average Bonchev–Trinajstić information content (AvgIpc) is 2.33. The molecule has 0 saturated heterocycles. The van der Waals surface area contributed by atoms with Crippen molar-refractivity contribution in [1.29, 1.82) is 0 Å². The summed E-state index contributed by atoms with van der Waals surface area (Å²) in [6.07, 6.45) is 1.32. The fourth-order valence-corrected chi connectivity index (χ4v) is 3.58. The topological polar surface area (TPSA) is 106 Å². The van der Waals surface area contributed by atoms with Crippen molar-refractivity contribution in [2.75, 3.05) is 18.6 Å². The predicted octanol–water partition coefficient (Wildman–Crippen LogP) is 0.512. The maximum absolute atomic E-state index is 12.0. The van der Waals surface area contributed by atoms with E-state index < -0.39 is 19.9 Å². The molecule has 0 atom stereocenters. The molecule has 0 radical (unpaired) electrons. The van der Waals surface area contributed by atoms with Crippen LogP contribution in [0.5, 0.6) is 0 Å². The molecule has 9 heteroatoms. The van der Waals surface area contributed by atoms with Gasteiger partial charge in [-0.15, -0.1) is 0 Å². The van der Waals surface area contributed by atoms with Gasteiger partial charge in [-0.2, -0.15) is 0 Å². The molecule has 20 heavy (non-hydrogen) atoms. The van der Waals surface area contributed by atoms with Crippen molar-refractivity contribution < 1.29 is 16.8 Å². The van der Waals surface area contributed by atoms with E-state index in [0.29, 0.717) is 5.56 Å². The number of sulfonamides is 1. The maximum atomic E-state index is 12.0. The highest BCUT2D eigenvalue weighted by atomic mass is 35.5. The van der Waals surface area contributed by atoms with Crippen LogP contribution in [0.25, 0.3) is 0 Å². The SMILES string of the molecule is CS(=O)(=O)CCCNS(=O)(=O)c1ccc(CN)c(Cl)c1. The van der Waals surface area contributed by atoms with E-state index in [1.807, 2.05) is 0 Å². The molecular weight excluding hydrogens is 324 g/mol. The van der Waals surface area contributed by atoms with Crippen LogP contribution < -0.4 is 10.5 Å². The third-order valence-electron chi connectivity index (χ3n) is 2.54. The van der Waals surface area contributed by atoms with Gasteiger partial charge in [0, 0.05) is 24.4 Å². The van der Waals surface area contributed by atoms with Gasteiger partial charge in [-0.05, 0) is 24.1 Å². The second-order valence-electron chi connectivity index (χ2n) is 4.34. The third kappa shape index (κ3) is 5.37. The second kappa shape index (κ2) is 6.86. The second-order valence-corrected chi connectivity index (χ2v) is 8.77. The number of rotatable bonds is 7. The molecule has 1 aromatic rings. The Morgan fingerprint density at radius 2 is 1.90 bits per heavy atom. The molecule has 0 aliphatic rings. The first-order valence-electron chi connectivity index (χ1n) is 5.81. The zero-order chi connectivity index (χ0) is 15.4. The van der Waals surface area contributed by atoms with Gasteiger partial charge in [0.1, 0.15) is 9.84 Å². The first-order valence-corrected chi connectivity index (χ1v) is 9.74. The highest BCUT2D eigenvalue weighted by molar-refractivity contribution is 7.90. The molecule has 0 heterocycles. The van der Waals surface area contributed by atoms with E-state index in [-0.39, 0.29) is 35.2 Å². The highest BCUT2D eigenvalue weighted by Crippen LogP contribution is 2.20. The standard InChI is InChI=1S/C11H17ClN2O4S2/c1-19(15,16)6-2-5-14-20(17,18)10-4-3-9(8-13)11(12)7-10/h3-4,7,14H,2,5-6,8,13H2,1H3. The highest BCUT2D eigenvalue weighted by Gasteiger charge is 2.15. The predicted molar refractivity (Wildman–Crippen MR) is 78.9 cm³/mol.